The van der Waals surface area contributed by atoms with Crippen molar-refractivity contribution in [2.24, 2.45) is 50.2 Å². The Labute approximate surface area is 475 Å². The van der Waals surface area contributed by atoms with Gasteiger partial charge >= 0.3 is 17.9 Å². The molecule has 9 aliphatic rings. The van der Waals surface area contributed by atoms with Crippen LogP contribution in [0.4, 0.5) is 0 Å². The van der Waals surface area contributed by atoms with Crippen molar-refractivity contribution in [2.75, 3.05) is 19.8 Å². The summed E-state index contributed by atoms with van der Waals surface area (Å²) in [5.74, 6) is -3.55. The molecule has 0 radical (unpaired) electrons. The molecule has 5 aliphatic carbocycles. The Morgan fingerprint density at radius 1 is 0.573 bits per heavy atom. The maximum Gasteiger partial charge on any atom is 0.335 e. The highest BCUT2D eigenvalue weighted by molar-refractivity contribution is 5.77. The number of allylic oxidation sites excluding steroid dienone is 2. The number of carboxylic acid groups (broad SMARTS) is 1. The zero-order valence-corrected chi connectivity index (χ0v) is 47.7. The topological polar surface area (TPSA) is 418 Å². The first-order valence-corrected chi connectivity index (χ1v) is 28.8. The van der Waals surface area contributed by atoms with Gasteiger partial charge < -0.3 is 114 Å². The fourth-order valence-electron chi connectivity index (χ4n) is 16.8. The van der Waals surface area contributed by atoms with Crippen LogP contribution in [0.25, 0.3) is 0 Å². The van der Waals surface area contributed by atoms with E-state index in [0.29, 0.717) is 38.5 Å². The summed E-state index contributed by atoms with van der Waals surface area (Å²) in [5, 5.41) is 151. The van der Waals surface area contributed by atoms with E-state index in [1.807, 2.05) is 6.92 Å². The molecule has 468 valence electrons. The smallest absolute Gasteiger partial charge is 0.335 e. The molecule has 26 nitrogen and oxygen atoms in total. The van der Waals surface area contributed by atoms with Crippen LogP contribution in [0.3, 0.4) is 0 Å². The number of hydrogen-bond acceptors (Lipinski definition) is 25. The number of fused-ring (bicyclic) bond motifs is 7. The number of rotatable bonds is 13. The Morgan fingerprint density at radius 2 is 1.15 bits per heavy atom. The first-order valence-electron chi connectivity index (χ1n) is 28.8. The average Bonchev–Trinajstić information content (AvgIpc) is 0.822. The van der Waals surface area contributed by atoms with Crippen molar-refractivity contribution < 1.29 is 129 Å². The molecule has 2 unspecified atom stereocenters. The van der Waals surface area contributed by atoms with Gasteiger partial charge in [0.25, 0.3) is 0 Å². The lowest BCUT2D eigenvalue weighted by Crippen LogP contribution is -2.68. The van der Waals surface area contributed by atoms with Gasteiger partial charge in [0.1, 0.15) is 91.6 Å². The second-order valence-corrected chi connectivity index (χ2v) is 26.7. The molecule has 0 spiro atoms. The lowest BCUT2D eigenvalue weighted by Gasteiger charge is -2.72. The van der Waals surface area contributed by atoms with Gasteiger partial charge in [0, 0.05) is 24.2 Å². The van der Waals surface area contributed by atoms with Crippen LogP contribution in [0.2, 0.25) is 0 Å². The summed E-state index contributed by atoms with van der Waals surface area (Å²) in [6, 6.07) is 0. The molecule has 4 heterocycles. The van der Waals surface area contributed by atoms with Gasteiger partial charge in [-0.15, -0.1) is 0 Å². The standard InChI is InChI=1S/C56H88O26/c1-22-32(61)35(64)40(69)46(74-22)80-43-37(66)34(63)27(20-58)77-48(43)81-44-39(68)38(67)42(45(71)72)79-49(44)78-30-12-13-53(5)28(54(30,6)21-59)11-14-56(8)29(53)10-9-24-25-17-51(3,18-31(75-23(2)60)52(25,4)15-16-55(24,56)7)50(73)82-47-41(70)36(65)33(62)26(19-57)76-47/h9,22,25-44,46-49,57-59,61-70H,10-21H2,1-8H3,(H,71,72)/t22-,25-,26+,27+,28?,29?,30-,31+,32-,33+,34-,35+,36-,37-,38-,39-,40+,41+,42-,43+,44+,46-,47-,48-,49+,51+,52+,53-,54+,55+,56+/m0/s1. The molecule has 31 atom stereocenters. The van der Waals surface area contributed by atoms with Crippen molar-refractivity contribution in [1.29, 1.82) is 0 Å². The summed E-state index contributed by atoms with van der Waals surface area (Å²) in [6.07, 6.45) is -30.7. The fraction of sp³-hybridized carbons (Fsp3) is 0.911. The van der Waals surface area contributed by atoms with Gasteiger partial charge in [0.05, 0.1) is 37.4 Å². The van der Waals surface area contributed by atoms with Gasteiger partial charge in [0.2, 0.25) is 6.29 Å². The Kier molecular flexibility index (Phi) is 18.0. The van der Waals surface area contributed by atoms with E-state index in [0.717, 1.165) is 5.57 Å². The number of aliphatic hydroxyl groups excluding tert-OH is 13. The van der Waals surface area contributed by atoms with E-state index in [9.17, 15) is 85.9 Å². The SMILES string of the molecule is CC(=O)O[C@@H]1C[C@](C)(C(=O)O[C@@H]2O[C@H](CO)[C@@H](O)[C@H](O)[C@H]2O)C[C@H]2C3=CCC4[C@@]5(C)CC[C@H](O[C@@H]6O[C@H](C(=O)O)[C@@H](O)[C@H](O)[C@H]6O[C@@H]6O[C@H](CO)[C@H](O)[C@H](O)[C@H]6O[C@@H]6O[C@@H](C)[C@H](O)[C@@H](O)[C@H]6O)[C@](C)(CO)C5CC[C@@]4(C)[C@]3(C)CC[C@@]12C. The number of carbonyl (C=O) groups excluding carboxylic acids is 2. The van der Waals surface area contributed by atoms with Crippen molar-refractivity contribution in [2.45, 2.75) is 248 Å². The number of esters is 2. The minimum Gasteiger partial charge on any atom is -0.479 e. The van der Waals surface area contributed by atoms with Crippen LogP contribution in [-0.4, -0.2) is 244 Å². The van der Waals surface area contributed by atoms with Crippen molar-refractivity contribution in [3.63, 3.8) is 0 Å². The van der Waals surface area contributed by atoms with Gasteiger partial charge in [-0.1, -0.05) is 46.3 Å². The maximum atomic E-state index is 14.5. The summed E-state index contributed by atoms with van der Waals surface area (Å²) in [4.78, 5) is 40.0. The first-order chi connectivity index (χ1) is 38.3. The molecule has 14 N–H and O–H groups in total. The fourth-order valence-corrected chi connectivity index (χ4v) is 16.8. The van der Waals surface area contributed by atoms with E-state index >= 15 is 0 Å². The van der Waals surface area contributed by atoms with E-state index in [1.54, 1.807) is 6.92 Å². The van der Waals surface area contributed by atoms with Crippen LogP contribution in [-0.2, 0) is 57.0 Å². The summed E-state index contributed by atoms with van der Waals surface area (Å²) in [5.41, 5.74) is -3.28. The van der Waals surface area contributed by atoms with Gasteiger partial charge in [-0.2, -0.15) is 0 Å². The molecule has 82 heavy (non-hydrogen) atoms. The molecule has 0 aromatic rings. The maximum absolute atomic E-state index is 14.5. The zero-order valence-electron chi connectivity index (χ0n) is 47.7. The second kappa shape index (κ2) is 23.1. The molecule has 8 fully saturated rings. The zero-order chi connectivity index (χ0) is 60.3. The lowest BCUT2D eigenvalue weighted by atomic mass is 9.33. The molecule has 26 heteroatoms. The van der Waals surface area contributed by atoms with Crippen LogP contribution >= 0.6 is 0 Å². The normalized spacial score (nSPS) is 54.0. The lowest BCUT2D eigenvalue weighted by molar-refractivity contribution is -0.396. The van der Waals surface area contributed by atoms with Gasteiger partial charge in [-0.05, 0) is 99.2 Å². The largest absolute Gasteiger partial charge is 0.479 e. The third-order valence-corrected chi connectivity index (χ3v) is 22.1. The van der Waals surface area contributed by atoms with E-state index in [-0.39, 0.29) is 37.0 Å². The third kappa shape index (κ3) is 10.3. The van der Waals surface area contributed by atoms with Gasteiger partial charge in [-0.25, -0.2) is 4.79 Å². The Morgan fingerprint density at radius 3 is 1.76 bits per heavy atom. The predicted octanol–water partition coefficient (Wildman–Crippen LogP) is -2.40. The van der Waals surface area contributed by atoms with E-state index < -0.39 is 205 Å². The number of ether oxygens (including phenoxy) is 9. The quantitative estimate of drug-likeness (QED) is 0.0519. The van der Waals surface area contributed by atoms with E-state index in [1.165, 1.54) is 13.8 Å². The third-order valence-electron chi connectivity index (χ3n) is 22.1. The second-order valence-electron chi connectivity index (χ2n) is 26.7. The van der Waals surface area contributed by atoms with Crippen LogP contribution < -0.4 is 0 Å². The van der Waals surface area contributed by atoms with E-state index in [2.05, 4.69) is 33.8 Å². The van der Waals surface area contributed by atoms with Crippen LogP contribution in [0.1, 0.15) is 113 Å². The predicted molar refractivity (Wildman–Crippen MR) is 274 cm³/mol. The highest BCUT2D eigenvalue weighted by Crippen LogP contribution is 2.76. The molecule has 4 saturated carbocycles. The highest BCUT2D eigenvalue weighted by atomic mass is 16.8. The molecular formula is C56H88O26. The van der Waals surface area contributed by atoms with Gasteiger partial charge in [0.15, 0.2) is 25.0 Å². The van der Waals surface area contributed by atoms with Gasteiger partial charge in [-0.3, -0.25) is 9.59 Å². The van der Waals surface area contributed by atoms with Crippen molar-refractivity contribution in [3.8, 4) is 0 Å². The Balaban J connectivity index is 0.989. The number of aliphatic carboxylic acids is 1. The summed E-state index contributed by atoms with van der Waals surface area (Å²) >= 11 is 0. The minimum absolute atomic E-state index is 0.00453. The first kappa shape index (κ1) is 63.8. The number of aliphatic hydroxyl groups is 13. The number of hydrogen-bond donors (Lipinski definition) is 14. The summed E-state index contributed by atoms with van der Waals surface area (Å²) < 4.78 is 53.7. The van der Waals surface area contributed by atoms with Crippen LogP contribution in [0.5, 0.6) is 0 Å². The molecule has 9 rings (SSSR count). The van der Waals surface area contributed by atoms with Crippen molar-refractivity contribution >= 4 is 17.9 Å². The molecule has 4 aliphatic heterocycles. The molecule has 0 amide bonds. The molecule has 4 saturated heterocycles. The van der Waals surface area contributed by atoms with Crippen LogP contribution in [0, 0.1) is 50.2 Å². The summed E-state index contributed by atoms with van der Waals surface area (Å²) in [6.45, 7) is 13.1. The Bertz CT molecular complexity index is 2360. The number of carboxylic acids is 1. The highest BCUT2D eigenvalue weighted by Gasteiger charge is 2.71. The molecule has 0 bridgehead atoms. The van der Waals surface area contributed by atoms with Crippen LogP contribution in [0.15, 0.2) is 11.6 Å². The molecular weight excluding hydrogens is 1090 g/mol. The average molecular weight is 1180 g/mol. The van der Waals surface area contributed by atoms with E-state index in [4.69, 9.17) is 42.6 Å². The minimum atomic E-state index is -2.14. The monoisotopic (exact) mass is 1180 g/mol. The molecule has 0 aromatic heterocycles. The molecule has 0 aromatic carbocycles. The Hall–Kier alpha value is -2.65. The van der Waals surface area contributed by atoms with Crippen molar-refractivity contribution in [3.05, 3.63) is 11.6 Å². The summed E-state index contributed by atoms with van der Waals surface area (Å²) in [7, 11) is 0. The number of carbonyl (C=O) groups is 3. The van der Waals surface area contributed by atoms with Crippen molar-refractivity contribution in [1.82, 2.24) is 0 Å².